The van der Waals surface area contributed by atoms with Gasteiger partial charge in [-0.1, -0.05) is 24.3 Å². The van der Waals surface area contributed by atoms with Gasteiger partial charge in [-0.2, -0.15) is 5.10 Å². The number of rotatable bonds is 11. The van der Waals surface area contributed by atoms with Crippen molar-refractivity contribution in [2.45, 2.75) is 63.0 Å². The van der Waals surface area contributed by atoms with Crippen LogP contribution in [-0.4, -0.2) is 32.9 Å². The number of nitrogens with zero attached hydrogens (tertiary/aromatic N) is 3. The van der Waals surface area contributed by atoms with Crippen molar-refractivity contribution in [1.82, 2.24) is 14.8 Å². The average Bonchev–Trinajstić information content (AvgIpc) is 3.60. The summed E-state index contributed by atoms with van der Waals surface area (Å²) in [5.74, 6) is 0.272. The number of aromatic amines is 1. The highest BCUT2D eigenvalue weighted by molar-refractivity contribution is 6.00. The fourth-order valence-electron chi connectivity index (χ4n) is 6.95. The number of carbonyl (C=O) groups is 1. The summed E-state index contributed by atoms with van der Waals surface area (Å²) in [6.45, 7) is 4.59. The van der Waals surface area contributed by atoms with E-state index in [1.165, 1.54) is 18.5 Å². The lowest BCUT2D eigenvalue weighted by Gasteiger charge is -2.65. The van der Waals surface area contributed by atoms with Crippen LogP contribution < -0.4 is 10.7 Å². The first kappa shape index (κ1) is 26.0. The van der Waals surface area contributed by atoms with E-state index in [2.05, 4.69) is 17.6 Å². The highest BCUT2D eigenvalue weighted by Gasteiger charge is 2.73. The fourth-order valence-corrected chi connectivity index (χ4v) is 6.95. The van der Waals surface area contributed by atoms with Gasteiger partial charge in [0.05, 0.1) is 16.6 Å². The molecule has 7 nitrogen and oxygen atoms in total. The van der Waals surface area contributed by atoms with Crippen molar-refractivity contribution >= 4 is 22.7 Å². The van der Waals surface area contributed by atoms with Crippen LogP contribution in [0.2, 0.25) is 0 Å². The van der Waals surface area contributed by atoms with Crippen LogP contribution >= 0.6 is 0 Å². The molecule has 8 rings (SSSR count). The topological polar surface area (TPSA) is 84.1 Å². The van der Waals surface area contributed by atoms with E-state index in [1.54, 1.807) is 0 Å². The molecule has 4 saturated carbocycles. The van der Waals surface area contributed by atoms with Crippen LogP contribution in [0.1, 0.15) is 62.3 Å². The van der Waals surface area contributed by atoms with Crippen LogP contribution in [0.15, 0.2) is 70.4 Å². The van der Waals surface area contributed by atoms with Crippen molar-refractivity contribution in [3.63, 3.8) is 0 Å². The summed E-state index contributed by atoms with van der Waals surface area (Å²) >= 11 is 0. The molecule has 1 amide bonds. The number of carbonyl (C=O) groups excluding carboxylic acids is 1. The molecule has 1 N–H and O–H groups in total. The predicted octanol–water partition coefficient (Wildman–Crippen LogP) is 6.45. The van der Waals surface area contributed by atoms with E-state index in [-0.39, 0.29) is 11.8 Å². The molecule has 4 fully saturated rings. The second-order valence-electron chi connectivity index (χ2n) is 12.5. The van der Waals surface area contributed by atoms with Crippen LogP contribution in [0, 0.1) is 11.3 Å². The average molecular weight is 555 g/mol. The molecule has 1 unspecified atom stereocenters. The molecule has 2 bridgehead atoms. The molecule has 41 heavy (non-hydrogen) atoms. The van der Waals surface area contributed by atoms with Crippen molar-refractivity contribution in [3.8, 4) is 11.1 Å². The zero-order valence-electron chi connectivity index (χ0n) is 23.4. The second kappa shape index (κ2) is 9.57. The third-order valence-electron chi connectivity index (χ3n) is 9.30. The summed E-state index contributed by atoms with van der Waals surface area (Å²) < 4.78 is 21.7. The zero-order valence-corrected chi connectivity index (χ0v) is 23.4. The summed E-state index contributed by atoms with van der Waals surface area (Å²) in [6.07, 6.45) is 8.13. The van der Waals surface area contributed by atoms with Gasteiger partial charge in [0.25, 0.3) is 0 Å². The lowest BCUT2D eigenvalue weighted by atomic mass is 9.42. The molecule has 8 heteroatoms. The number of alkyl halides is 1. The summed E-state index contributed by atoms with van der Waals surface area (Å²) in [5, 5.41) is 4.72. The summed E-state index contributed by atoms with van der Waals surface area (Å²) in [4.78, 5) is 30.1. The Balaban J connectivity index is 1.11. The number of H-pyrrole nitrogens is 1. The quantitative estimate of drug-likeness (QED) is 0.216. The number of aryl methyl sites for hydroxylation is 2. The van der Waals surface area contributed by atoms with E-state index in [9.17, 15) is 14.0 Å². The maximum atomic E-state index is 14.5. The summed E-state index contributed by atoms with van der Waals surface area (Å²) in [5.41, 5.74) is 4.40. The minimum absolute atomic E-state index is 0.00640. The first-order chi connectivity index (χ1) is 19.7. The molecular formula is C33H35FN4O3. The standard InChI is InChI=1S/C33H35FN4O3/c1-3-21(6-4-8-25-16-28(22-10-11-22)37(2)36-25)17-38(30(39)32-18-33(34,19-32)20-32)26-9-5-7-23(14-26)24-12-13-27-29(15-24)41-31(40)35-27/h3,5,7,9,12-16,21-22H,1,4,6,8,10-11,17-20H2,2H3,(H,35,40). The number of oxazole rings is 1. The van der Waals surface area contributed by atoms with Crippen LogP contribution in [0.25, 0.3) is 22.2 Å². The number of amides is 1. The number of fused-ring (bicyclic) bond motifs is 1. The molecule has 4 aliphatic carbocycles. The van der Waals surface area contributed by atoms with Crippen molar-refractivity contribution in [2.24, 2.45) is 18.4 Å². The number of halogens is 1. The highest BCUT2D eigenvalue weighted by Crippen LogP contribution is 2.70. The molecule has 4 aliphatic rings. The van der Waals surface area contributed by atoms with Crippen LogP contribution in [0.5, 0.6) is 0 Å². The van der Waals surface area contributed by atoms with Gasteiger partial charge in [0, 0.05) is 30.9 Å². The Morgan fingerprint density at radius 1 is 1.22 bits per heavy atom. The van der Waals surface area contributed by atoms with E-state index in [0.29, 0.717) is 42.8 Å². The number of hydrogen-bond donors (Lipinski definition) is 1. The number of nitrogens with one attached hydrogen (secondary N) is 1. The summed E-state index contributed by atoms with van der Waals surface area (Å²) in [6, 6.07) is 15.7. The van der Waals surface area contributed by atoms with E-state index in [1.807, 2.05) is 65.2 Å². The van der Waals surface area contributed by atoms with Crippen LogP contribution in [0.4, 0.5) is 10.1 Å². The molecule has 2 aromatic heterocycles. The Kier molecular flexibility index (Phi) is 6.07. The Hall–Kier alpha value is -3.94. The van der Waals surface area contributed by atoms with Crippen molar-refractivity contribution in [3.05, 3.63) is 83.1 Å². The Morgan fingerprint density at radius 2 is 2.00 bits per heavy atom. The van der Waals surface area contributed by atoms with Gasteiger partial charge < -0.3 is 9.32 Å². The molecule has 212 valence electrons. The van der Waals surface area contributed by atoms with Gasteiger partial charge in [-0.25, -0.2) is 9.18 Å². The lowest BCUT2D eigenvalue weighted by molar-refractivity contribution is -0.211. The summed E-state index contributed by atoms with van der Waals surface area (Å²) in [7, 11) is 2.03. The second-order valence-corrected chi connectivity index (χ2v) is 12.5. The normalized spacial score (nSPS) is 23.6. The molecule has 0 aliphatic heterocycles. The smallest absolute Gasteiger partial charge is 0.408 e. The van der Waals surface area contributed by atoms with Gasteiger partial charge in [-0.05, 0) is 98.7 Å². The van der Waals surface area contributed by atoms with Crippen molar-refractivity contribution in [2.75, 3.05) is 11.4 Å². The minimum atomic E-state index is -1.15. The molecular weight excluding hydrogens is 519 g/mol. The molecule has 2 aromatic carbocycles. The monoisotopic (exact) mass is 554 g/mol. The Bertz CT molecular complexity index is 1690. The van der Waals surface area contributed by atoms with Crippen LogP contribution in [0.3, 0.4) is 0 Å². The SMILES string of the molecule is C=CC(CCCc1cc(C2CC2)n(C)n1)CN(C(=O)C12CC(F)(C1)C2)c1cccc(-c2ccc3[nH]c(=O)oc3c2)c1. The predicted molar refractivity (Wildman–Crippen MR) is 157 cm³/mol. The molecule has 0 saturated heterocycles. The zero-order chi connectivity index (χ0) is 28.4. The van der Waals surface area contributed by atoms with E-state index < -0.39 is 16.8 Å². The van der Waals surface area contributed by atoms with Crippen molar-refractivity contribution in [1.29, 1.82) is 0 Å². The van der Waals surface area contributed by atoms with Gasteiger partial charge in [0.15, 0.2) is 5.58 Å². The Labute approximate surface area is 238 Å². The van der Waals surface area contributed by atoms with Gasteiger partial charge >= 0.3 is 5.76 Å². The number of aromatic nitrogens is 3. The lowest BCUT2D eigenvalue weighted by Crippen LogP contribution is -2.70. The van der Waals surface area contributed by atoms with Gasteiger partial charge in [0.1, 0.15) is 5.67 Å². The third kappa shape index (κ3) is 4.73. The van der Waals surface area contributed by atoms with Crippen molar-refractivity contribution < 1.29 is 13.6 Å². The molecule has 0 spiro atoms. The van der Waals surface area contributed by atoms with Crippen LogP contribution in [-0.2, 0) is 18.3 Å². The van der Waals surface area contributed by atoms with E-state index >= 15 is 0 Å². The number of anilines is 1. The maximum Gasteiger partial charge on any atom is 0.417 e. The Morgan fingerprint density at radius 3 is 2.73 bits per heavy atom. The molecule has 1 atom stereocenters. The van der Waals surface area contributed by atoms with E-state index in [4.69, 9.17) is 9.52 Å². The molecule has 4 aromatic rings. The first-order valence-corrected chi connectivity index (χ1v) is 14.6. The highest BCUT2D eigenvalue weighted by atomic mass is 19.1. The largest absolute Gasteiger partial charge is 0.417 e. The molecule has 0 radical (unpaired) electrons. The maximum absolute atomic E-state index is 14.5. The fraction of sp³-hybridized carbons (Fsp3) is 0.424. The van der Waals surface area contributed by atoms with Gasteiger partial charge in [-0.3, -0.25) is 14.5 Å². The molecule has 2 heterocycles. The van der Waals surface area contributed by atoms with Gasteiger partial charge in [-0.15, -0.1) is 6.58 Å². The number of benzene rings is 2. The first-order valence-electron chi connectivity index (χ1n) is 14.6. The van der Waals surface area contributed by atoms with E-state index in [0.717, 1.165) is 41.8 Å². The number of hydrogen-bond acceptors (Lipinski definition) is 4. The minimum Gasteiger partial charge on any atom is -0.408 e. The third-order valence-corrected chi connectivity index (χ3v) is 9.30. The van der Waals surface area contributed by atoms with Gasteiger partial charge in [0.2, 0.25) is 5.91 Å².